The van der Waals surface area contributed by atoms with Crippen molar-refractivity contribution in [2.45, 2.75) is 65.1 Å². The first-order valence-electron chi connectivity index (χ1n) is 13.8. The number of amides is 3. The highest BCUT2D eigenvalue weighted by atomic mass is 32.1. The Morgan fingerprint density at radius 2 is 1.77 bits per heavy atom. The van der Waals surface area contributed by atoms with Crippen molar-refractivity contribution in [3.8, 4) is 0 Å². The normalized spacial score (nSPS) is 14.3. The number of carbonyl (C=O) groups is 2. The molecule has 0 radical (unpaired) electrons. The average molecular weight is 561 g/mol. The van der Waals surface area contributed by atoms with Crippen LogP contribution < -0.4 is 11.0 Å². The van der Waals surface area contributed by atoms with Gasteiger partial charge in [-0.25, -0.2) is 14.6 Å². The fourth-order valence-electron chi connectivity index (χ4n) is 5.19. The van der Waals surface area contributed by atoms with Gasteiger partial charge in [0.2, 0.25) is 0 Å². The van der Waals surface area contributed by atoms with Crippen LogP contribution in [-0.4, -0.2) is 55.4 Å². The van der Waals surface area contributed by atoms with Crippen LogP contribution in [0.1, 0.15) is 73.6 Å². The average Bonchev–Trinajstić information content (AvgIpc) is 3.55. The van der Waals surface area contributed by atoms with E-state index >= 15 is 0 Å². The van der Waals surface area contributed by atoms with E-state index in [0.717, 1.165) is 16.7 Å². The number of hydrogen-bond donors (Lipinski definition) is 2. The Morgan fingerprint density at radius 1 is 1.07 bits per heavy atom. The molecule has 0 aliphatic carbocycles. The molecule has 3 amide bonds. The number of fused-ring (bicyclic) bond motifs is 1. The Kier molecular flexibility index (Phi) is 8.07. The number of benzene rings is 2. The lowest BCUT2D eigenvalue weighted by Gasteiger charge is -2.32. The predicted molar refractivity (Wildman–Crippen MR) is 159 cm³/mol. The van der Waals surface area contributed by atoms with Gasteiger partial charge in [0.05, 0.1) is 17.6 Å². The minimum absolute atomic E-state index is 0.0402. The summed E-state index contributed by atoms with van der Waals surface area (Å²) in [4.78, 5) is 50.0. The molecule has 2 aromatic carbocycles. The molecule has 3 heterocycles. The van der Waals surface area contributed by atoms with Crippen LogP contribution in [0.3, 0.4) is 0 Å². The van der Waals surface area contributed by atoms with Gasteiger partial charge >= 0.3 is 11.7 Å². The lowest BCUT2D eigenvalue weighted by Crippen LogP contribution is -2.41. The van der Waals surface area contributed by atoms with Gasteiger partial charge < -0.3 is 20.1 Å². The Morgan fingerprint density at radius 3 is 2.45 bits per heavy atom. The summed E-state index contributed by atoms with van der Waals surface area (Å²) in [5.41, 5.74) is 3.97. The van der Waals surface area contributed by atoms with Crippen molar-refractivity contribution in [3.05, 3.63) is 80.7 Å². The van der Waals surface area contributed by atoms with E-state index in [4.69, 9.17) is 0 Å². The first kappa shape index (κ1) is 27.6. The number of nitrogens with zero attached hydrogens (tertiary/aromatic N) is 4. The molecule has 0 spiro atoms. The minimum Gasteiger partial charge on any atom is -0.337 e. The van der Waals surface area contributed by atoms with Crippen LogP contribution in [0, 0.1) is 0 Å². The maximum Gasteiger partial charge on any atom is 0.326 e. The van der Waals surface area contributed by atoms with Crippen molar-refractivity contribution in [1.29, 1.82) is 0 Å². The van der Waals surface area contributed by atoms with E-state index in [1.807, 2.05) is 71.8 Å². The molecule has 0 atom stereocenters. The summed E-state index contributed by atoms with van der Waals surface area (Å²) < 4.78 is 1.82. The molecule has 0 unspecified atom stereocenters. The number of anilines is 1. The third-order valence-electron chi connectivity index (χ3n) is 7.53. The van der Waals surface area contributed by atoms with Crippen LogP contribution in [-0.2, 0) is 6.54 Å². The number of likely N-dealkylation sites (tertiary alicyclic amines) is 1. The van der Waals surface area contributed by atoms with Gasteiger partial charge in [-0.2, -0.15) is 0 Å². The number of imidazole rings is 1. The smallest absolute Gasteiger partial charge is 0.326 e. The van der Waals surface area contributed by atoms with Gasteiger partial charge in [0.25, 0.3) is 5.91 Å². The summed E-state index contributed by atoms with van der Waals surface area (Å²) >= 11 is 1.39. The molecule has 1 aliphatic heterocycles. The van der Waals surface area contributed by atoms with Crippen molar-refractivity contribution in [3.63, 3.8) is 0 Å². The lowest BCUT2D eigenvalue weighted by molar-refractivity contribution is 0.0689. The first-order valence-corrected chi connectivity index (χ1v) is 14.7. The molecule has 1 saturated heterocycles. The molecule has 10 heteroatoms. The van der Waals surface area contributed by atoms with Crippen LogP contribution in [0.4, 0.5) is 10.5 Å². The molecule has 210 valence electrons. The molecule has 40 heavy (non-hydrogen) atoms. The van der Waals surface area contributed by atoms with E-state index < -0.39 is 0 Å². The number of piperidine rings is 1. The van der Waals surface area contributed by atoms with Gasteiger partial charge in [-0.15, -0.1) is 11.3 Å². The topological polar surface area (TPSA) is 103 Å². The quantitative estimate of drug-likeness (QED) is 0.297. The summed E-state index contributed by atoms with van der Waals surface area (Å²) in [6, 6.07) is 15.4. The van der Waals surface area contributed by atoms with Crippen LogP contribution in [0.15, 0.2) is 58.7 Å². The van der Waals surface area contributed by atoms with Gasteiger partial charge in [0.15, 0.2) is 0 Å². The molecule has 2 aromatic heterocycles. The Labute approximate surface area is 237 Å². The molecule has 1 fully saturated rings. The van der Waals surface area contributed by atoms with Gasteiger partial charge in [-0.3, -0.25) is 9.36 Å². The third kappa shape index (κ3) is 5.82. The van der Waals surface area contributed by atoms with Crippen LogP contribution in [0.5, 0.6) is 0 Å². The molecule has 0 bridgehead atoms. The van der Waals surface area contributed by atoms with Gasteiger partial charge in [-0.1, -0.05) is 38.1 Å². The van der Waals surface area contributed by atoms with E-state index in [9.17, 15) is 14.4 Å². The number of carbonyl (C=O) groups excluding carboxylic acids is 2. The molecular formula is C30H36N6O3S. The maximum atomic E-state index is 13.3. The van der Waals surface area contributed by atoms with E-state index in [2.05, 4.69) is 29.1 Å². The molecule has 5 rings (SSSR count). The zero-order valence-corrected chi connectivity index (χ0v) is 24.2. The molecule has 9 nitrogen and oxygen atoms in total. The SMILES string of the molecule is CC(C)c1ccc(NC(=O)N(Cc2nc(C(=O)N3CCC(n4c(=O)[nH]c5ccccc54)CC3)cs2)C(C)C)cc1. The first-order chi connectivity index (χ1) is 19.2. The highest BCUT2D eigenvalue weighted by molar-refractivity contribution is 7.09. The Bertz CT molecular complexity index is 1540. The lowest BCUT2D eigenvalue weighted by atomic mass is 10.0. The Balaban J connectivity index is 1.20. The minimum atomic E-state index is -0.204. The number of aromatic amines is 1. The number of aromatic nitrogens is 3. The summed E-state index contributed by atoms with van der Waals surface area (Å²) in [5.74, 6) is 0.312. The number of urea groups is 1. The Hall–Kier alpha value is -3.92. The van der Waals surface area contributed by atoms with Crippen LogP contribution >= 0.6 is 11.3 Å². The zero-order valence-electron chi connectivity index (χ0n) is 23.4. The second-order valence-electron chi connectivity index (χ2n) is 10.9. The van der Waals surface area contributed by atoms with E-state index in [1.165, 1.54) is 16.9 Å². The van der Waals surface area contributed by atoms with E-state index in [0.29, 0.717) is 49.1 Å². The van der Waals surface area contributed by atoms with Crippen molar-refractivity contribution in [2.75, 3.05) is 18.4 Å². The van der Waals surface area contributed by atoms with Crippen molar-refractivity contribution in [1.82, 2.24) is 24.3 Å². The highest BCUT2D eigenvalue weighted by Crippen LogP contribution is 2.26. The third-order valence-corrected chi connectivity index (χ3v) is 8.36. The number of nitrogens with one attached hydrogen (secondary N) is 2. The summed E-state index contributed by atoms with van der Waals surface area (Å²) in [6.45, 7) is 9.62. The second-order valence-corrected chi connectivity index (χ2v) is 11.8. The van der Waals surface area contributed by atoms with Crippen molar-refractivity contribution < 1.29 is 9.59 Å². The van der Waals surface area contributed by atoms with E-state index in [-0.39, 0.29) is 29.7 Å². The monoisotopic (exact) mass is 560 g/mol. The summed E-state index contributed by atoms with van der Waals surface area (Å²) in [5, 5.41) is 5.47. The van der Waals surface area contributed by atoms with Gasteiger partial charge in [0.1, 0.15) is 10.7 Å². The number of H-pyrrole nitrogens is 1. The summed E-state index contributed by atoms with van der Waals surface area (Å²) in [6.07, 6.45) is 1.40. The molecular weight excluding hydrogens is 524 g/mol. The van der Waals surface area contributed by atoms with Crippen molar-refractivity contribution in [2.24, 2.45) is 0 Å². The van der Waals surface area contributed by atoms with Gasteiger partial charge in [-0.05, 0) is 62.4 Å². The largest absolute Gasteiger partial charge is 0.337 e. The summed E-state index contributed by atoms with van der Waals surface area (Å²) in [7, 11) is 0. The zero-order chi connectivity index (χ0) is 28.4. The standard InChI is InChI=1S/C30H36N6O3S/c1-19(2)21-9-11-22(12-10-21)31-29(38)35(20(3)4)17-27-32-25(18-40-27)28(37)34-15-13-23(14-16-34)36-26-8-6-5-7-24(26)33-30(36)39/h5-12,18-20,23H,13-17H2,1-4H3,(H,31,38)(H,33,39). The number of rotatable bonds is 7. The predicted octanol–water partition coefficient (Wildman–Crippen LogP) is 5.83. The number of hydrogen-bond acceptors (Lipinski definition) is 5. The van der Waals surface area contributed by atoms with Crippen molar-refractivity contribution >= 4 is 40.0 Å². The maximum absolute atomic E-state index is 13.3. The van der Waals surface area contributed by atoms with Gasteiger partial charge in [0, 0.05) is 36.2 Å². The number of thiazole rings is 1. The fraction of sp³-hybridized carbons (Fsp3) is 0.400. The molecule has 4 aromatic rings. The van der Waals surface area contributed by atoms with E-state index in [1.54, 1.807) is 10.3 Å². The number of para-hydroxylation sites is 2. The highest BCUT2D eigenvalue weighted by Gasteiger charge is 2.28. The molecule has 0 saturated carbocycles. The second kappa shape index (κ2) is 11.7. The molecule has 1 aliphatic rings. The fourth-order valence-corrected chi connectivity index (χ4v) is 5.95. The molecule has 2 N–H and O–H groups in total. The van der Waals surface area contributed by atoms with Crippen LogP contribution in [0.25, 0.3) is 11.0 Å². The van der Waals surface area contributed by atoms with Crippen LogP contribution in [0.2, 0.25) is 0 Å².